The topological polar surface area (TPSA) is 52.6 Å². The van der Waals surface area contributed by atoms with Gasteiger partial charge in [-0.15, -0.1) is 0 Å². The first-order chi connectivity index (χ1) is 8.97. The molecule has 4 nitrogen and oxygen atoms in total. The molecule has 0 aliphatic rings. The third kappa shape index (κ3) is 6.60. The molecule has 0 bridgehead atoms. The van der Waals surface area contributed by atoms with E-state index in [0.717, 1.165) is 5.75 Å². The number of hydrogen-bond acceptors (Lipinski definition) is 4. The zero-order chi connectivity index (χ0) is 14.3. The average molecular weight is 264 g/mol. The van der Waals surface area contributed by atoms with Crippen molar-refractivity contribution in [2.24, 2.45) is 0 Å². The Labute approximate surface area is 113 Å². The van der Waals surface area contributed by atoms with Gasteiger partial charge in [-0.2, -0.15) is 0 Å². The van der Waals surface area contributed by atoms with Crippen LogP contribution in [0.25, 0.3) is 0 Å². The maximum Gasteiger partial charge on any atom is 0.313 e. The molecule has 0 N–H and O–H groups in total. The fourth-order valence-electron chi connectivity index (χ4n) is 1.76. The Morgan fingerprint density at radius 3 is 2.32 bits per heavy atom. The molecule has 104 valence electrons. The van der Waals surface area contributed by atoms with Crippen LogP contribution in [0.5, 0.6) is 5.75 Å². The fraction of sp³-hybridized carbons (Fsp3) is 0.467. The van der Waals surface area contributed by atoms with Gasteiger partial charge < -0.3 is 9.47 Å². The van der Waals surface area contributed by atoms with Crippen molar-refractivity contribution in [2.75, 3.05) is 0 Å². The average Bonchev–Trinajstić information content (AvgIpc) is 2.28. The monoisotopic (exact) mass is 264 g/mol. The number of carbonyl (C=O) groups is 2. The van der Waals surface area contributed by atoms with Crippen LogP contribution >= 0.6 is 0 Å². The number of hydrogen-bond donors (Lipinski definition) is 0. The van der Waals surface area contributed by atoms with E-state index >= 15 is 0 Å². The van der Waals surface area contributed by atoms with Crippen molar-refractivity contribution in [3.63, 3.8) is 0 Å². The van der Waals surface area contributed by atoms with E-state index in [9.17, 15) is 9.59 Å². The van der Waals surface area contributed by atoms with Gasteiger partial charge in [-0.25, -0.2) is 0 Å². The van der Waals surface area contributed by atoms with Crippen LogP contribution in [-0.2, 0) is 14.3 Å². The fourth-order valence-corrected chi connectivity index (χ4v) is 1.76. The second-order valence-corrected chi connectivity index (χ2v) is 4.66. The van der Waals surface area contributed by atoms with Crippen LogP contribution in [0, 0.1) is 0 Å². The summed E-state index contributed by atoms with van der Waals surface area (Å²) >= 11 is 0. The van der Waals surface area contributed by atoms with Gasteiger partial charge in [0, 0.05) is 6.42 Å². The summed E-state index contributed by atoms with van der Waals surface area (Å²) in [5.41, 5.74) is 0. The number of esters is 1. The molecule has 0 radical (unpaired) electrons. The minimum absolute atomic E-state index is 0.0671. The number of ether oxygens (including phenoxy) is 2. The molecule has 2 atom stereocenters. The lowest BCUT2D eigenvalue weighted by molar-refractivity contribution is -0.150. The van der Waals surface area contributed by atoms with Gasteiger partial charge in [0.25, 0.3) is 0 Å². The van der Waals surface area contributed by atoms with Gasteiger partial charge in [0.15, 0.2) is 0 Å². The maximum absolute atomic E-state index is 11.3. The summed E-state index contributed by atoms with van der Waals surface area (Å²) in [5.74, 6) is 0.120. The summed E-state index contributed by atoms with van der Waals surface area (Å²) in [6.45, 7) is 5.08. The van der Waals surface area contributed by atoms with Crippen LogP contribution < -0.4 is 4.74 Å². The van der Waals surface area contributed by atoms with E-state index < -0.39 is 5.97 Å². The van der Waals surface area contributed by atoms with Gasteiger partial charge in [0.1, 0.15) is 24.1 Å². The second-order valence-electron chi connectivity index (χ2n) is 4.66. The Bertz CT molecular complexity index is 413. The minimum Gasteiger partial charge on any atom is -0.491 e. The molecule has 1 aromatic carbocycles. The van der Waals surface area contributed by atoms with Crippen LogP contribution in [0.2, 0.25) is 0 Å². The highest BCUT2D eigenvalue weighted by atomic mass is 16.5. The van der Waals surface area contributed by atoms with Gasteiger partial charge in [-0.3, -0.25) is 9.59 Å². The smallest absolute Gasteiger partial charge is 0.313 e. The summed E-state index contributed by atoms with van der Waals surface area (Å²) in [5, 5.41) is 0. The first-order valence-corrected chi connectivity index (χ1v) is 6.38. The molecular weight excluding hydrogens is 244 g/mol. The number of ketones is 1. The number of para-hydroxylation sites is 1. The highest BCUT2D eigenvalue weighted by Crippen LogP contribution is 2.14. The predicted molar refractivity (Wildman–Crippen MR) is 72.0 cm³/mol. The van der Waals surface area contributed by atoms with Gasteiger partial charge >= 0.3 is 5.97 Å². The number of Topliss-reactive ketones (excluding diaryl/α,β-unsaturated/α-hetero) is 1. The quantitative estimate of drug-likeness (QED) is 0.561. The molecule has 4 heteroatoms. The Balaban J connectivity index is 2.33. The summed E-state index contributed by atoms with van der Waals surface area (Å²) < 4.78 is 10.8. The zero-order valence-electron chi connectivity index (χ0n) is 11.6. The van der Waals surface area contributed by atoms with E-state index in [1.165, 1.54) is 6.92 Å². The van der Waals surface area contributed by atoms with Crippen molar-refractivity contribution in [1.82, 2.24) is 0 Å². The third-order valence-electron chi connectivity index (χ3n) is 2.47. The minimum atomic E-state index is -0.480. The molecule has 1 rings (SSSR count). The van der Waals surface area contributed by atoms with Crippen molar-refractivity contribution < 1.29 is 19.1 Å². The predicted octanol–water partition coefficient (Wildman–Crippen LogP) is 2.75. The first kappa shape index (κ1) is 15.2. The normalized spacial score (nSPS) is 13.4. The molecule has 1 aromatic rings. The highest BCUT2D eigenvalue weighted by molar-refractivity contribution is 5.94. The number of carbonyl (C=O) groups excluding carboxylic acids is 2. The summed E-state index contributed by atoms with van der Waals surface area (Å²) in [7, 11) is 0. The van der Waals surface area contributed by atoms with E-state index in [1.807, 2.05) is 37.3 Å². The van der Waals surface area contributed by atoms with E-state index in [-0.39, 0.29) is 24.4 Å². The van der Waals surface area contributed by atoms with E-state index in [1.54, 1.807) is 6.92 Å². The Hall–Kier alpha value is -1.84. The molecule has 0 saturated carbocycles. The molecular formula is C15H20O4. The van der Waals surface area contributed by atoms with Gasteiger partial charge in [0.2, 0.25) is 0 Å². The first-order valence-electron chi connectivity index (χ1n) is 6.38. The molecule has 0 aliphatic heterocycles. The molecule has 0 unspecified atom stereocenters. The molecule has 0 fully saturated rings. The Morgan fingerprint density at radius 2 is 1.74 bits per heavy atom. The van der Waals surface area contributed by atoms with Crippen molar-refractivity contribution in [3.8, 4) is 5.75 Å². The molecule has 19 heavy (non-hydrogen) atoms. The van der Waals surface area contributed by atoms with Crippen molar-refractivity contribution >= 4 is 11.8 Å². The van der Waals surface area contributed by atoms with Crippen LogP contribution in [0.3, 0.4) is 0 Å². The lowest BCUT2D eigenvalue weighted by Crippen LogP contribution is -2.23. The maximum atomic E-state index is 11.3. The summed E-state index contributed by atoms with van der Waals surface area (Å²) in [6, 6.07) is 9.48. The number of rotatable bonds is 7. The van der Waals surface area contributed by atoms with Crippen molar-refractivity contribution in [3.05, 3.63) is 30.3 Å². The van der Waals surface area contributed by atoms with Crippen LogP contribution in [0.4, 0.5) is 0 Å². The van der Waals surface area contributed by atoms with Gasteiger partial charge in [-0.1, -0.05) is 18.2 Å². The highest BCUT2D eigenvalue weighted by Gasteiger charge is 2.15. The van der Waals surface area contributed by atoms with Crippen LogP contribution in [-0.4, -0.2) is 24.0 Å². The Morgan fingerprint density at radius 1 is 1.11 bits per heavy atom. The van der Waals surface area contributed by atoms with Crippen LogP contribution in [0.15, 0.2) is 30.3 Å². The number of benzene rings is 1. The van der Waals surface area contributed by atoms with Gasteiger partial charge in [-0.05, 0) is 32.9 Å². The largest absolute Gasteiger partial charge is 0.491 e. The lowest BCUT2D eigenvalue weighted by atomic mass is 10.2. The summed E-state index contributed by atoms with van der Waals surface area (Å²) in [6.07, 6.45) is 0.0738. The molecule has 0 amide bonds. The molecule has 0 heterocycles. The van der Waals surface area contributed by atoms with Crippen molar-refractivity contribution in [1.29, 1.82) is 0 Å². The second kappa shape index (κ2) is 7.56. The molecule has 0 aromatic heterocycles. The summed E-state index contributed by atoms with van der Waals surface area (Å²) in [4.78, 5) is 22.1. The molecule has 0 aliphatic carbocycles. The van der Waals surface area contributed by atoms with E-state index in [0.29, 0.717) is 6.42 Å². The lowest BCUT2D eigenvalue weighted by Gasteiger charge is -2.19. The third-order valence-corrected chi connectivity index (χ3v) is 2.47. The van der Waals surface area contributed by atoms with Crippen LogP contribution in [0.1, 0.15) is 33.6 Å². The standard InChI is InChI=1S/C15H20O4/c1-11(16)9-15(17)19-13(3)10-12(2)18-14-7-5-4-6-8-14/h4-8,12-13H,9-10H2,1-3H3/t12-,13+/m0/s1. The van der Waals surface area contributed by atoms with E-state index in [4.69, 9.17) is 9.47 Å². The van der Waals surface area contributed by atoms with Gasteiger partial charge in [0.05, 0.1) is 6.10 Å². The zero-order valence-corrected chi connectivity index (χ0v) is 11.6. The molecule has 0 spiro atoms. The molecule has 0 saturated heterocycles. The SMILES string of the molecule is CC(=O)CC(=O)O[C@H](C)C[C@H](C)Oc1ccccc1. The Kier molecular flexibility index (Phi) is 6.06. The van der Waals surface area contributed by atoms with E-state index in [2.05, 4.69) is 0 Å². The van der Waals surface area contributed by atoms with Crippen molar-refractivity contribution in [2.45, 2.75) is 45.8 Å².